The predicted molar refractivity (Wildman–Crippen MR) is 170 cm³/mol. The van der Waals surface area contributed by atoms with Gasteiger partial charge in [0.15, 0.2) is 5.75 Å². The maximum Gasteiger partial charge on any atom is 0.319 e. The monoisotopic (exact) mass is 632 g/mol. The molecular weight excluding hydrogens is 598 g/mol. The molecule has 234 valence electrons. The van der Waals surface area contributed by atoms with E-state index in [9.17, 15) is 28.8 Å². The molecule has 0 fully saturated rings. The topological polar surface area (TPSA) is 134 Å². The molecule has 3 aromatic carbocycles. The number of phenols is 1. The van der Waals surface area contributed by atoms with Gasteiger partial charge in [0.05, 0.1) is 29.7 Å². The number of nitrogens with zero attached hydrogens (tertiary/aromatic N) is 3. The fourth-order valence-electron chi connectivity index (χ4n) is 5.20. The Morgan fingerprint density at radius 3 is 2.47 bits per heavy atom. The first-order valence-electron chi connectivity index (χ1n) is 14.5. The maximum absolute atomic E-state index is 14.1. The van der Waals surface area contributed by atoms with Gasteiger partial charge in [-0.15, -0.1) is 0 Å². The van der Waals surface area contributed by atoms with Gasteiger partial charge in [0, 0.05) is 43.2 Å². The van der Waals surface area contributed by atoms with E-state index >= 15 is 0 Å². The standard InChI is InChI=1S/C33H34FN4O6P/c1-4-27(39)21(2)36-45(43,44-24-9-6-5-7-10-24)18-17-37(3)32(41)28-25-11-8-16-35-30(25)31(40)29-26(28)20-38(33(29)42)19-22-12-14-23(34)15-13-22/h5-16,20-21,40,42H,4,17-19H2,1-3H3,(H,36,43)/t21-,45?/m0/s1. The largest absolute Gasteiger partial charge is 0.505 e. The van der Waals surface area contributed by atoms with E-state index in [0.29, 0.717) is 16.7 Å². The number of benzene rings is 3. The van der Waals surface area contributed by atoms with Crippen LogP contribution in [0.3, 0.4) is 0 Å². The Kier molecular flexibility index (Phi) is 9.22. The molecule has 45 heavy (non-hydrogen) atoms. The fourth-order valence-corrected chi connectivity index (χ4v) is 7.23. The van der Waals surface area contributed by atoms with Crippen molar-refractivity contribution in [3.63, 3.8) is 0 Å². The molecule has 0 saturated heterocycles. The smallest absolute Gasteiger partial charge is 0.319 e. The lowest BCUT2D eigenvalue weighted by molar-refractivity contribution is -0.120. The molecule has 0 spiro atoms. The molecule has 0 aliphatic rings. The molecule has 10 nitrogen and oxygen atoms in total. The fraction of sp³-hybridized carbons (Fsp3) is 0.242. The number of carbonyl (C=O) groups excluding carboxylic acids is 2. The number of nitrogens with one attached hydrogen (secondary N) is 1. The summed E-state index contributed by atoms with van der Waals surface area (Å²) in [4.78, 5) is 32.1. The second kappa shape index (κ2) is 13.1. The van der Waals surface area contributed by atoms with Crippen molar-refractivity contribution in [2.45, 2.75) is 32.9 Å². The molecule has 0 saturated carbocycles. The van der Waals surface area contributed by atoms with Gasteiger partial charge in [0.1, 0.15) is 22.9 Å². The summed E-state index contributed by atoms with van der Waals surface area (Å²) in [5, 5.41) is 25.9. The van der Waals surface area contributed by atoms with Crippen LogP contribution in [0, 0.1) is 5.82 Å². The van der Waals surface area contributed by atoms with Crippen molar-refractivity contribution < 1.29 is 33.3 Å². The number of halogens is 1. The van der Waals surface area contributed by atoms with Gasteiger partial charge in [0.25, 0.3) is 5.91 Å². The molecule has 2 heterocycles. The van der Waals surface area contributed by atoms with Gasteiger partial charge < -0.3 is 24.2 Å². The number of rotatable bonds is 12. The Labute approximate surface area is 259 Å². The van der Waals surface area contributed by atoms with Gasteiger partial charge in [0.2, 0.25) is 5.88 Å². The third-order valence-corrected chi connectivity index (χ3v) is 9.71. The molecule has 2 atom stereocenters. The molecule has 12 heteroatoms. The molecule has 1 amide bonds. The molecule has 1 unspecified atom stereocenters. The Morgan fingerprint density at radius 2 is 1.78 bits per heavy atom. The number of para-hydroxylation sites is 1. The molecular formula is C33H34FN4O6P. The number of ketones is 1. The number of amides is 1. The average Bonchev–Trinajstić information content (AvgIpc) is 3.36. The number of carbonyl (C=O) groups is 2. The number of phenolic OH excluding ortho intramolecular Hbond substituents is 1. The second-order valence-corrected chi connectivity index (χ2v) is 13.1. The minimum atomic E-state index is -3.69. The van der Waals surface area contributed by atoms with Crippen LogP contribution in [0.5, 0.6) is 17.4 Å². The van der Waals surface area contributed by atoms with E-state index in [2.05, 4.69) is 10.1 Å². The first-order chi connectivity index (χ1) is 21.5. The van der Waals surface area contributed by atoms with Crippen molar-refractivity contribution in [1.29, 1.82) is 0 Å². The van der Waals surface area contributed by atoms with Crippen molar-refractivity contribution in [3.8, 4) is 17.4 Å². The van der Waals surface area contributed by atoms with Crippen LogP contribution in [-0.4, -0.2) is 62.2 Å². The van der Waals surface area contributed by atoms with Crippen LogP contribution < -0.4 is 9.61 Å². The molecule has 5 rings (SSSR count). The SMILES string of the molecule is CCC(=O)[C@H](C)NP(=O)(CCN(C)C(=O)c1c2cccnc2c(O)c2c(O)n(Cc3ccc(F)cc3)cc12)Oc1ccccc1. The van der Waals surface area contributed by atoms with Crippen molar-refractivity contribution in [1.82, 2.24) is 19.5 Å². The van der Waals surface area contributed by atoms with Crippen LogP contribution >= 0.6 is 7.52 Å². The van der Waals surface area contributed by atoms with Crippen LogP contribution in [-0.2, 0) is 15.9 Å². The Balaban J connectivity index is 1.50. The highest BCUT2D eigenvalue weighted by Crippen LogP contribution is 2.45. The summed E-state index contributed by atoms with van der Waals surface area (Å²) in [6, 6.07) is 16.9. The molecule has 5 aromatic rings. The highest BCUT2D eigenvalue weighted by Gasteiger charge is 2.31. The summed E-state index contributed by atoms with van der Waals surface area (Å²) in [5.41, 5.74) is 1.00. The van der Waals surface area contributed by atoms with Crippen molar-refractivity contribution in [3.05, 3.63) is 96.1 Å². The van der Waals surface area contributed by atoms with Crippen molar-refractivity contribution in [2.24, 2.45) is 0 Å². The number of hydrogen-bond donors (Lipinski definition) is 3. The molecule has 3 N–H and O–H groups in total. The van der Waals surface area contributed by atoms with Crippen molar-refractivity contribution >= 4 is 40.9 Å². The van der Waals surface area contributed by atoms with E-state index in [1.807, 2.05) is 0 Å². The number of fused-ring (bicyclic) bond motifs is 2. The third-order valence-electron chi connectivity index (χ3n) is 7.63. The Hall–Kier alpha value is -4.73. The first kappa shape index (κ1) is 31.7. The normalized spacial score (nSPS) is 13.4. The van der Waals surface area contributed by atoms with Gasteiger partial charge >= 0.3 is 7.52 Å². The second-order valence-electron chi connectivity index (χ2n) is 10.8. The Bertz CT molecular complexity index is 1910. The van der Waals surface area contributed by atoms with Crippen LogP contribution in [0.15, 0.2) is 79.1 Å². The average molecular weight is 633 g/mol. The van der Waals surface area contributed by atoms with Gasteiger partial charge in [-0.25, -0.2) is 9.48 Å². The van der Waals surface area contributed by atoms with E-state index in [0.717, 1.165) is 0 Å². The highest BCUT2D eigenvalue weighted by atomic mass is 31.2. The summed E-state index contributed by atoms with van der Waals surface area (Å²) in [6.07, 6.45) is 3.17. The summed E-state index contributed by atoms with van der Waals surface area (Å²) in [6.45, 7) is 3.47. The Morgan fingerprint density at radius 1 is 1.07 bits per heavy atom. The van der Waals surface area contributed by atoms with Gasteiger partial charge in [-0.2, -0.15) is 0 Å². The van der Waals surface area contributed by atoms with Gasteiger partial charge in [-0.05, 0) is 42.8 Å². The van der Waals surface area contributed by atoms with E-state index in [-0.39, 0.29) is 64.9 Å². The van der Waals surface area contributed by atoms with Crippen LogP contribution in [0.2, 0.25) is 0 Å². The maximum atomic E-state index is 14.1. The minimum absolute atomic E-state index is 0.0185. The molecule has 0 aliphatic carbocycles. The minimum Gasteiger partial charge on any atom is -0.505 e. The molecule has 0 radical (unpaired) electrons. The zero-order chi connectivity index (χ0) is 32.3. The number of aromatic nitrogens is 2. The number of hydrogen-bond acceptors (Lipinski definition) is 7. The van der Waals surface area contributed by atoms with Crippen LogP contribution in [0.4, 0.5) is 4.39 Å². The van der Waals surface area contributed by atoms with Crippen LogP contribution in [0.25, 0.3) is 21.7 Å². The van der Waals surface area contributed by atoms with Gasteiger partial charge in [-0.1, -0.05) is 43.3 Å². The third kappa shape index (κ3) is 6.69. The highest BCUT2D eigenvalue weighted by molar-refractivity contribution is 7.57. The van der Waals surface area contributed by atoms with Gasteiger partial charge in [-0.3, -0.25) is 19.1 Å². The van der Waals surface area contributed by atoms with Crippen molar-refractivity contribution in [2.75, 3.05) is 19.8 Å². The van der Waals surface area contributed by atoms with Crippen LogP contribution in [0.1, 0.15) is 36.2 Å². The summed E-state index contributed by atoms with van der Waals surface area (Å²) in [5.74, 6) is -1.21. The number of pyridine rings is 1. The predicted octanol–water partition coefficient (Wildman–Crippen LogP) is 6.09. The summed E-state index contributed by atoms with van der Waals surface area (Å²) >= 11 is 0. The van der Waals surface area contributed by atoms with E-state index in [4.69, 9.17) is 4.52 Å². The van der Waals surface area contributed by atoms with E-state index in [1.165, 1.54) is 27.8 Å². The zero-order valence-corrected chi connectivity index (χ0v) is 26.0. The quantitative estimate of drug-likeness (QED) is 0.141. The van der Waals surface area contributed by atoms with E-state index < -0.39 is 25.3 Å². The molecule has 2 aromatic heterocycles. The molecule has 0 bridgehead atoms. The summed E-state index contributed by atoms with van der Waals surface area (Å²) in [7, 11) is -2.14. The first-order valence-corrected chi connectivity index (χ1v) is 16.3. The van der Waals surface area contributed by atoms with E-state index in [1.54, 1.807) is 81.7 Å². The lowest BCUT2D eigenvalue weighted by Gasteiger charge is -2.26. The number of Topliss-reactive ketones (excluding diaryl/α,β-unsaturated/α-hetero) is 1. The zero-order valence-electron chi connectivity index (χ0n) is 25.1. The number of aromatic hydroxyl groups is 2. The lowest BCUT2D eigenvalue weighted by atomic mass is 10.00. The molecule has 0 aliphatic heterocycles. The lowest BCUT2D eigenvalue weighted by Crippen LogP contribution is -2.36. The summed E-state index contributed by atoms with van der Waals surface area (Å²) < 4.78 is 34.9.